The summed E-state index contributed by atoms with van der Waals surface area (Å²) in [6.07, 6.45) is 0.910. The Morgan fingerprint density at radius 2 is 2.00 bits per heavy atom. The van der Waals surface area contributed by atoms with E-state index in [1.165, 1.54) is 4.90 Å². The Hall–Kier alpha value is -1.99. The molecule has 1 aliphatic carbocycles. The molecule has 1 saturated heterocycles. The van der Waals surface area contributed by atoms with E-state index in [1.807, 2.05) is 34.6 Å². The van der Waals surface area contributed by atoms with Gasteiger partial charge < -0.3 is 19.4 Å². The lowest BCUT2D eigenvalue weighted by Crippen LogP contribution is -2.53. The van der Waals surface area contributed by atoms with Gasteiger partial charge in [0.15, 0.2) is 0 Å². The average Bonchev–Trinajstić information content (AvgIpc) is 3.08. The monoisotopic (exact) mass is 390 g/mol. The molecule has 1 aromatic heterocycles. The standard InChI is InChI=1S/C21H30N2O5/c1-12-15-8-14(10-24)9-16(15)13(2)22-18(12)19(25)17-11-27-7-6-23(17)20(26)28-21(3,4)5/h10,14,17,19,25H,6-9,11H2,1-5H3. The van der Waals surface area contributed by atoms with Crippen LogP contribution in [-0.2, 0) is 27.1 Å². The van der Waals surface area contributed by atoms with Crippen LogP contribution in [0.2, 0.25) is 0 Å². The highest BCUT2D eigenvalue weighted by Crippen LogP contribution is 2.35. The lowest BCUT2D eigenvalue weighted by atomic mass is 9.95. The van der Waals surface area contributed by atoms with Crippen molar-refractivity contribution in [3.8, 4) is 0 Å². The molecule has 2 aliphatic rings. The molecule has 3 atom stereocenters. The Morgan fingerprint density at radius 1 is 1.32 bits per heavy atom. The maximum atomic E-state index is 12.7. The van der Waals surface area contributed by atoms with Crippen LogP contribution in [0.4, 0.5) is 4.79 Å². The van der Waals surface area contributed by atoms with Gasteiger partial charge in [-0.3, -0.25) is 9.88 Å². The largest absolute Gasteiger partial charge is 0.444 e. The molecular formula is C21H30N2O5. The Balaban J connectivity index is 1.90. The predicted molar refractivity (Wildman–Crippen MR) is 103 cm³/mol. The normalized spacial score (nSPS) is 23.3. The smallest absolute Gasteiger partial charge is 0.410 e. The molecule has 0 aromatic carbocycles. The van der Waals surface area contributed by atoms with Crippen LogP contribution < -0.4 is 0 Å². The van der Waals surface area contributed by atoms with Crippen LogP contribution in [0.25, 0.3) is 0 Å². The van der Waals surface area contributed by atoms with Crippen molar-refractivity contribution >= 4 is 12.4 Å². The van der Waals surface area contributed by atoms with Crippen LogP contribution in [0.5, 0.6) is 0 Å². The second-order valence-corrected chi connectivity index (χ2v) is 8.73. The fourth-order valence-electron chi connectivity index (χ4n) is 4.07. The fraction of sp³-hybridized carbons (Fsp3) is 0.667. The minimum Gasteiger partial charge on any atom is -0.444 e. The Morgan fingerprint density at radius 3 is 2.64 bits per heavy atom. The van der Waals surface area contributed by atoms with Crippen LogP contribution in [-0.4, -0.2) is 58.8 Å². The number of amides is 1. The van der Waals surface area contributed by atoms with E-state index in [4.69, 9.17) is 9.47 Å². The molecule has 1 fully saturated rings. The maximum absolute atomic E-state index is 12.7. The van der Waals surface area contributed by atoms with E-state index >= 15 is 0 Å². The summed E-state index contributed by atoms with van der Waals surface area (Å²) in [7, 11) is 0. The molecule has 0 saturated carbocycles. The number of morpholine rings is 1. The maximum Gasteiger partial charge on any atom is 0.410 e. The number of pyridine rings is 1. The van der Waals surface area contributed by atoms with Gasteiger partial charge in [0.25, 0.3) is 0 Å². The van der Waals surface area contributed by atoms with Crippen molar-refractivity contribution < 1.29 is 24.2 Å². The number of hydrogen-bond acceptors (Lipinski definition) is 6. The van der Waals surface area contributed by atoms with Gasteiger partial charge in [0.05, 0.1) is 24.9 Å². The van der Waals surface area contributed by atoms with E-state index in [2.05, 4.69) is 4.98 Å². The van der Waals surface area contributed by atoms with E-state index in [1.54, 1.807) is 0 Å². The Bertz CT molecular complexity index is 771. The fourth-order valence-corrected chi connectivity index (χ4v) is 4.07. The third-order valence-corrected chi connectivity index (χ3v) is 5.49. The highest BCUT2D eigenvalue weighted by atomic mass is 16.6. The highest BCUT2D eigenvalue weighted by Gasteiger charge is 2.38. The van der Waals surface area contributed by atoms with Gasteiger partial charge in [-0.05, 0) is 64.2 Å². The van der Waals surface area contributed by atoms with Crippen LogP contribution in [0.15, 0.2) is 0 Å². The number of aliphatic hydroxyl groups is 1. The summed E-state index contributed by atoms with van der Waals surface area (Å²) in [6.45, 7) is 10.3. The number of rotatable bonds is 3. The van der Waals surface area contributed by atoms with Crippen molar-refractivity contribution in [1.82, 2.24) is 9.88 Å². The minimum absolute atomic E-state index is 0.0298. The van der Waals surface area contributed by atoms with E-state index in [0.29, 0.717) is 31.7 Å². The number of carbonyl (C=O) groups is 2. The molecule has 154 valence electrons. The van der Waals surface area contributed by atoms with Crippen LogP contribution in [0, 0.1) is 19.8 Å². The van der Waals surface area contributed by atoms with Crippen LogP contribution in [0.3, 0.4) is 0 Å². The topological polar surface area (TPSA) is 89.0 Å². The summed E-state index contributed by atoms with van der Waals surface area (Å²) in [5, 5.41) is 11.2. The summed E-state index contributed by atoms with van der Waals surface area (Å²) in [5.74, 6) is -0.0298. The number of fused-ring (bicyclic) bond motifs is 1. The second-order valence-electron chi connectivity index (χ2n) is 8.73. The number of ether oxygens (including phenoxy) is 2. The number of aldehydes is 1. The van der Waals surface area contributed by atoms with Gasteiger partial charge >= 0.3 is 6.09 Å². The van der Waals surface area contributed by atoms with Gasteiger partial charge in [-0.15, -0.1) is 0 Å². The zero-order valence-corrected chi connectivity index (χ0v) is 17.3. The first-order chi connectivity index (χ1) is 13.1. The second kappa shape index (κ2) is 7.79. The van der Waals surface area contributed by atoms with Crippen molar-refractivity contribution in [2.75, 3.05) is 19.8 Å². The molecule has 28 heavy (non-hydrogen) atoms. The first-order valence-corrected chi connectivity index (χ1v) is 9.82. The molecule has 1 aliphatic heterocycles. The van der Waals surface area contributed by atoms with E-state index in [9.17, 15) is 14.7 Å². The van der Waals surface area contributed by atoms with Crippen molar-refractivity contribution in [3.05, 3.63) is 28.1 Å². The van der Waals surface area contributed by atoms with Gasteiger partial charge in [0.2, 0.25) is 0 Å². The van der Waals surface area contributed by atoms with Gasteiger partial charge in [-0.2, -0.15) is 0 Å². The number of carbonyl (C=O) groups excluding carboxylic acids is 2. The van der Waals surface area contributed by atoms with E-state index < -0.39 is 23.8 Å². The summed E-state index contributed by atoms with van der Waals surface area (Å²) < 4.78 is 11.1. The summed E-state index contributed by atoms with van der Waals surface area (Å²) >= 11 is 0. The summed E-state index contributed by atoms with van der Waals surface area (Å²) in [6, 6.07) is -0.574. The quantitative estimate of drug-likeness (QED) is 0.797. The number of aryl methyl sites for hydroxylation is 1. The SMILES string of the molecule is Cc1nc(C(O)C2COCCN2C(=O)OC(C)(C)C)c(C)c2c1CC(C=O)C2. The van der Waals surface area contributed by atoms with Gasteiger partial charge in [-0.1, -0.05) is 0 Å². The number of aliphatic hydroxyl groups excluding tert-OH is 1. The molecule has 7 nitrogen and oxygen atoms in total. The molecule has 1 aromatic rings. The first kappa shape index (κ1) is 20.7. The third kappa shape index (κ3) is 4.05. The number of hydrogen-bond donors (Lipinski definition) is 1. The lowest BCUT2D eigenvalue weighted by molar-refractivity contribution is -0.110. The number of aromatic nitrogens is 1. The van der Waals surface area contributed by atoms with Crippen molar-refractivity contribution in [2.24, 2.45) is 5.92 Å². The molecular weight excluding hydrogens is 360 g/mol. The van der Waals surface area contributed by atoms with Gasteiger partial charge in [0.1, 0.15) is 18.0 Å². The molecule has 1 N–H and O–H groups in total. The van der Waals surface area contributed by atoms with Crippen molar-refractivity contribution in [2.45, 2.75) is 65.2 Å². The number of nitrogens with zero attached hydrogens (tertiary/aromatic N) is 2. The molecule has 1 amide bonds. The highest BCUT2D eigenvalue weighted by molar-refractivity contribution is 5.69. The average molecular weight is 390 g/mol. The predicted octanol–water partition coefficient (Wildman–Crippen LogP) is 2.28. The van der Waals surface area contributed by atoms with E-state index in [-0.39, 0.29) is 12.5 Å². The summed E-state index contributed by atoms with van der Waals surface area (Å²) in [5.41, 5.74) is 3.86. The lowest BCUT2D eigenvalue weighted by Gasteiger charge is -2.39. The third-order valence-electron chi connectivity index (χ3n) is 5.49. The molecule has 0 spiro atoms. The molecule has 3 unspecified atom stereocenters. The van der Waals surface area contributed by atoms with Crippen LogP contribution >= 0.6 is 0 Å². The zero-order valence-electron chi connectivity index (χ0n) is 17.3. The summed E-state index contributed by atoms with van der Waals surface area (Å²) in [4.78, 5) is 30.1. The zero-order chi connectivity index (χ0) is 20.6. The van der Waals surface area contributed by atoms with Crippen LogP contribution in [0.1, 0.15) is 55.0 Å². The first-order valence-electron chi connectivity index (χ1n) is 9.82. The molecule has 3 rings (SSSR count). The molecule has 0 radical (unpaired) electrons. The molecule has 2 heterocycles. The Kier molecular flexibility index (Phi) is 5.77. The van der Waals surface area contributed by atoms with Crippen molar-refractivity contribution in [3.63, 3.8) is 0 Å². The molecule has 0 bridgehead atoms. The Labute approximate surface area is 166 Å². The van der Waals surface area contributed by atoms with Gasteiger partial charge in [-0.25, -0.2) is 4.79 Å². The van der Waals surface area contributed by atoms with Crippen molar-refractivity contribution in [1.29, 1.82) is 0 Å². The van der Waals surface area contributed by atoms with E-state index in [0.717, 1.165) is 28.7 Å². The minimum atomic E-state index is -0.993. The van der Waals surface area contributed by atoms with Gasteiger partial charge in [0, 0.05) is 18.2 Å². The molecule has 7 heteroatoms.